The van der Waals surface area contributed by atoms with Crippen molar-refractivity contribution in [3.05, 3.63) is 53.3 Å². The molecule has 1 saturated carbocycles. The van der Waals surface area contributed by atoms with E-state index in [1.807, 2.05) is 31.2 Å². The molecule has 2 heterocycles. The van der Waals surface area contributed by atoms with Crippen molar-refractivity contribution in [3.63, 3.8) is 0 Å². The number of aliphatic hydroxyl groups is 1. The Morgan fingerprint density at radius 3 is 2.84 bits per heavy atom. The summed E-state index contributed by atoms with van der Waals surface area (Å²) in [6.45, 7) is 9.12. The molecule has 32 heavy (non-hydrogen) atoms. The van der Waals surface area contributed by atoms with Gasteiger partial charge in [-0.05, 0) is 81.5 Å². The molecule has 0 bridgehead atoms. The predicted molar refractivity (Wildman–Crippen MR) is 127 cm³/mol. The van der Waals surface area contributed by atoms with E-state index >= 15 is 0 Å². The van der Waals surface area contributed by atoms with Gasteiger partial charge in [0.1, 0.15) is 5.75 Å². The molecule has 1 aromatic heterocycles. The minimum Gasteiger partial charge on any atom is -0.493 e. The summed E-state index contributed by atoms with van der Waals surface area (Å²) in [5.74, 6) is 1.52. The number of aromatic nitrogens is 1. The second-order valence-corrected chi connectivity index (χ2v) is 10.2. The molecule has 1 aliphatic carbocycles. The highest BCUT2D eigenvalue weighted by molar-refractivity contribution is 6.04. The minimum absolute atomic E-state index is 0.00993. The van der Waals surface area contributed by atoms with Crippen LogP contribution in [0.15, 0.2) is 36.5 Å². The van der Waals surface area contributed by atoms with Crippen molar-refractivity contribution in [2.24, 2.45) is 11.8 Å². The number of anilines is 1. The molecular weight excluding hydrogens is 400 g/mol. The molecular formula is C27H36N2O3. The Morgan fingerprint density at radius 2 is 2.12 bits per heavy atom. The average molecular weight is 437 g/mol. The van der Waals surface area contributed by atoms with Gasteiger partial charge in [-0.2, -0.15) is 0 Å². The summed E-state index contributed by atoms with van der Waals surface area (Å²) < 4.78 is 6.21. The maximum Gasteiger partial charge on any atom is 0.255 e. The lowest BCUT2D eigenvalue weighted by Crippen LogP contribution is -2.48. The molecule has 0 spiro atoms. The number of pyridine rings is 1. The van der Waals surface area contributed by atoms with E-state index < -0.39 is 5.60 Å². The quantitative estimate of drug-likeness (QED) is 0.635. The van der Waals surface area contributed by atoms with Crippen LogP contribution in [0.4, 0.5) is 5.69 Å². The van der Waals surface area contributed by atoms with Gasteiger partial charge >= 0.3 is 0 Å². The second-order valence-electron chi connectivity index (χ2n) is 10.2. The van der Waals surface area contributed by atoms with E-state index in [1.54, 1.807) is 6.20 Å². The van der Waals surface area contributed by atoms with E-state index in [0.29, 0.717) is 24.0 Å². The molecule has 4 rings (SSSR count). The largest absolute Gasteiger partial charge is 0.493 e. The number of carbonyl (C=O) groups excluding carboxylic acids is 1. The van der Waals surface area contributed by atoms with Crippen molar-refractivity contribution in [1.29, 1.82) is 0 Å². The van der Waals surface area contributed by atoms with Gasteiger partial charge in [-0.1, -0.05) is 26.8 Å². The number of hydrogen-bond donors (Lipinski definition) is 2. The van der Waals surface area contributed by atoms with Crippen LogP contribution in [0.5, 0.6) is 5.75 Å². The van der Waals surface area contributed by atoms with E-state index in [4.69, 9.17) is 4.74 Å². The molecule has 1 aromatic carbocycles. The Hall–Kier alpha value is -2.40. The van der Waals surface area contributed by atoms with Crippen LogP contribution in [0.1, 0.15) is 80.9 Å². The highest BCUT2D eigenvalue weighted by Gasteiger charge is 2.50. The number of ether oxygens (including phenoxy) is 1. The molecule has 2 aliphatic rings. The van der Waals surface area contributed by atoms with Crippen LogP contribution >= 0.6 is 0 Å². The summed E-state index contributed by atoms with van der Waals surface area (Å²) in [5.41, 5.74) is 2.70. The van der Waals surface area contributed by atoms with E-state index in [1.165, 1.54) is 5.56 Å². The van der Waals surface area contributed by atoms with Gasteiger partial charge in [0.15, 0.2) is 0 Å². The smallest absolute Gasteiger partial charge is 0.255 e. The molecule has 2 N–H and O–H groups in total. The zero-order valence-corrected chi connectivity index (χ0v) is 19.8. The number of fused-ring (bicyclic) bond motifs is 3. The molecule has 0 radical (unpaired) electrons. The molecule has 0 saturated heterocycles. The number of nitrogens with one attached hydrogen (secondary N) is 1. The van der Waals surface area contributed by atoms with Gasteiger partial charge in [-0.3, -0.25) is 9.78 Å². The lowest BCUT2D eigenvalue weighted by molar-refractivity contribution is -0.0612. The zero-order chi connectivity index (χ0) is 22.9. The molecule has 5 heteroatoms. The molecule has 1 amide bonds. The van der Waals surface area contributed by atoms with Crippen LogP contribution < -0.4 is 10.1 Å². The monoisotopic (exact) mass is 436 g/mol. The molecule has 2 aromatic rings. The van der Waals surface area contributed by atoms with Crippen LogP contribution in [0.2, 0.25) is 0 Å². The summed E-state index contributed by atoms with van der Waals surface area (Å²) in [5, 5.41) is 14.3. The molecule has 5 nitrogen and oxygen atoms in total. The fourth-order valence-electron chi connectivity index (χ4n) is 6.07. The van der Waals surface area contributed by atoms with Gasteiger partial charge in [0, 0.05) is 22.7 Å². The molecule has 1 aliphatic heterocycles. The van der Waals surface area contributed by atoms with E-state index in [0.717, 1.165) is 55.7 Å². The Kier molecular flexibility index (Phi) is 6.30. The topological polar surface area (TPSA) is 71.5 Å². The maximum atomic E-state index is 12.9. The van der Waals surface area contributed by atoms with Gasteiger partial charge < -0.3 is 15.2 Å². The lowest BCUT2D eigenvalue weighted by Gasteiger charge is -2.50. The van der Waals surface area contributed by atoms with Crippen LogP contribution in [0.25, 0.3) is 0 Å². The van der Waals surface area contributed by atoms with Crippen LogP contribution in [-0.2, 0) is 5.41 Å². The molecule has 1 fully saturated rings. The van der Waals surface area contributed by atoms with Crippen molar-refractivity contribution in [2.75, 3.05) is 11.9 Å². The first-order chi connectivity index (χ1) is 15.3. The summed E-state index contributed by atoms with van der Waals surface area (Å²) in [7, 11) is 0. The third-order valence-corrected chi connectivity index (χ3v) is 7.62. The SMILES string of the molecule is CC[C@@]12CC[C@](O)(CC(C)C)C[C@@H]1CCOc1cc(C(=O)Nc3cccnc3C)ccc12. The third-order valence-electron chi connectivity index (χ3n) is 7.62. The number of nitrogens with zero attached hydrogens (tertiary/aromatic N) is 1. The minimum atomic E-state index is -0.580. The van der Waals surface area contributed by atoms with Gasteiger partial charge in [0.05, 0.1) is 23.6 Å². The van der Waals surface area contributed by atoms with Crippen LogP contribution in [0.3, 0.4) is 0 Å². The third kappa shape index (κ3) is 4.27. The number of hydrogen-bond acceptors (Lipinski definition) is 4. The van der Waals surface area contributed by atoms with E-state index in [2.05, 4.69) is 37.1 Å². The Balaban J connectivity index is 1.62. The van der Waals surface area contributed by atoms with Crippen molar-refractivity contribution in [3.8, 4) is 5.75 Å². The van der Waals surface area contributed by atoms with Gasteiger partial charge in [0.2, 0.25) is 0 Å². The number of benzene rings is 1. The molecule has 0 unspecified atom stereocenters. The Labute approximate surface area is 191 Å². The van der Waals surface area contributed by atoms with E-state index in [9.17, 15) is 9.90 Å². The Morgan fingerprint density at radius 1 is 1.31 bits per heavy atom. The van der Waals surface area contributed by atoms with Crippen LogP contribution in [-0.4, -0.2) is 28.2 Å². The van der Waals surface area contributed by atoms with Gasteiger partial charge in [-0.25, -0.2) is 0 Å². The lowest BCUT2D eigenvalue weighted by atomic mass is 9.56. The summed E-state index contributed by atoms with van der Waals surface area (Å²) >= 11 is 0. The first-order valence-corrected chi connectivity index (χ1v) is 12.0. The number of carbonyl (C=O) groups is 1. The molecule has 172 valence electrons. The Bertz CT molecular complexity index is 989. The van der Waals surface area contributed by atoms with Crippen molar-refractivity contribution in [1.82, 2.24) is 4.98 Å². The number of amides is 1. The fourth-order valence-corrected chi connectivity index (χ4v) is 6.07. The zero-order valence-electron chi connectivity index (χ0n) is 19.8. The van der Waals surface area contributed by atoms with E-state index in [-0.39, 0.29) is 11.3 Å². The van der Waals surface area contributed by atoms with Gasteiger partial charge in [0.25, 0.3) is 5.91 Å². The maximum absolute atomic E-state index is 12.9. The van der Waals surface area contributed by atoms with Crippen molar-refractivity contribution < 1.29 is 14.6 Å². The van der Waals surface area contributed by atoms with Gasteiger partial charge in [-0.15, -0.1) is 0 Å². The fraction of sp³-hybridized carbons (Fsp3) is 0.556. The highest BCUT2D eigenvalue weighted by Crippen LogP contribution is 2.55. The predicted octanol–water partition coefficient (Wildman–Crippen LogP) is 5.65. The number of rotatable bonds is 5. The summed E-state index contributed by atoms with van der Waals surface area (Å²) in [6, 6.07) is 9.58. The normalized spacial score (nSPS) is 27.1. The number of aryl methyl sites for hydroxylation is 1. The first-order valence-electron chi connectivity index (χ1n) is 12.0. The van der Waals surface area contributed by atoms with Crippen LogP contribution in [0, 0.1) is 18.8 Å². The standard InChI is InChI=1S/C27H36N2O3/c1-5-27-12-11-26(31,16-18(2)3)17-21(27)10-14-32-24-15-20(8-9-22(24)27)25(30)29-23-7-6-13-28-19(23)4/h6-9,13,15,18,21,31H,5,10-12,14,16-17H2,1-4H3,(H,29,30)/t21-,26-,27+/m0/s1. The second kappa shape index (κ2) is 8.86. The summed E-state index contributed by atoms with van der Waals surface area (Å²) in [4.78, 5) is 17.2. The summed E-state index contributed by atoms with van der Waals surface area (Å²) in [6.07, 6.45) is 7.10. The van der Waals surface area contributed by atoms with Crippen molar-refractivity contribution >= 4 is 11.6 Å². The molecule has 3 atom stereocenters. The highest BCUT2D eigenvalue weighted by atomic mass is 16.5. The average Bonchev–Trinajstić information content (AvgIpc) is 2.90. The first kappa shape index (κ1) is 22.8. The van der Waals surface area contributed by atoms with Crippen molar-refractivity contribution in [2.45, 2.75) is 77.2 Å².